The Kier molecular flexibility index (Phi) is 5.65. The van der Waals surface area contributed by atoms with Gasteiger partial charge in [-0.1, -0.05) is 12.1 Å². The number of nitrogens with one attached hydrogen (secondary N) is 2. The van der Waals surface area contributed by atoms with E-state index < -0.39 is 0 Å². The number of fused-ring (bicyclic) bond motifs is 1. The van der Waals surface area contributed by atoms with E-state index in [2.05, 4.69) is 16.7 Å². The van der Waals surface area contributed by atoms with Crippen molar-refractivity contribution < 1.29 is 9.59 Å². The van der Waals surface area contributed by atoms with Crippen LogP contribution in [0.5, 0.6) is 0 Å². The molecule has 1 aliphatic carbocycles. The fraction of sp³-hybridized carbons (Fsp3) is 0.529. The van der Waals surface area contributed by atoms with Crippen LogP contribution in [-0.4, -0.2) is 17.9 Å². The van der Waals surface area contributed by atoms with Crippen molar-refractivity contribution >= 4 is 29.9 Å². The summed E-state index contributed by atoms with van der Waals surface area (Å²) in [4.78, 5) is 23.7. The summed E-state index contributed by atoms with van der Waals surface area (Å²) in [6.45, 7) is 2.00. The zero-order valence-electron chi connectivity index (χ0n) is 13.3. The summed E-state index contributed by atoms with van der Waals surface area (Å²) >= 11 is 0. The highest BCUT2D eigenvalue weighted by atomic mass is 35.5. The molecule has 126 valence electrons. The summed E-state index contributed by atoms with van der Waals surface area (Å²) in [5, 5.41) is 5.97. The minimum absolute atomic E-state index is 0. The van der Waals surface area contributed by atoms with Crippen molar-refractivity contribution in [1.82, 2.24) is 5.32 Å². The molecule has 1 aromatic rings. The summed E-state index contributed by atoms with van der Waals surface area (Å²) in [5.41, 5.74) is 8.98. The molecule has 1 saturated carbocycles. The molecule has 1 aliphatic heterocycles. The van der Waals surface area contributed by atoms with Crippen molar-refractivity contribution in [3.05, 3.63) is 29.3 Å². The maximum absolute atomic E-state index is 12.3. The number of carbonyl (C=O) groups excluding carboxylic acids is 2. The van der Waals surface area contributed by atoms with Crippen LogP contribution >= 0.6 is 12.4 Å². The lowest BCUT2D eigenvalue weighted by atomic mass is 9.97. The van der Waals surface area contributed by atoms with Crippen LogP contribution in [0, 0.1) is 5.92 Å². The van der Waals surface area contributed by atoms with Crippen molar-refractivity contribution in [1.29, 1.82) is 0 Å². The highest BCUT2D eigenvalue weighted by Gasteiger charge is 2.28. The highest BCUT2D eigenvalue weighted by molar-refractivity contribution is 5.93. The molecule has 0 bridgehead atoms. The van der Waals surface area contributed by atoms with E-state index in [1.807, 2.05) is 19.1 Å². The SMILES string of the molecule is CC(NC(=O)C1CCC(N)C1)c1ccc2c(c1)CCC(=O)N2.Cl. The Bertz CT molecular complexity index is 606. The molecule has 0 saturated heterocycles. The molecule has 2 aliphatic rings. The quantitative estimate of drug-likeness (QED) is 0.791. The van der Waals surface area contributed by atoms with Crippen molar-refractivity contribution in [2.45, 2.75) is 51.1 Å². The lowest BCUT2D eigenvalue weighted by molar-refractivity contribution is -0.125. The standard InChI is InChI=1S/C17H23N3O2.ClH/c1-10(19-17(22)13-2-5-14(18)9-13)11-3-6-15-12(8-11)4-7-16(21)20-15;/h3,6,8,10,13-14H,2,4-5,7,9,18H2,1H3,(H,19,22)(H,20,21);1H. The van der Waals surface area contributed by atoms with Gasteiger partial charge in [0.05, 0.1) is 6.04 Å². The summed E-state index contributed by atoms with van der Waals surface area (Å²) < 4.78 is 0. The molecular formula is C17H24ClN3O2. The predicted molar refractivity (Wildman–Crippen MR) is 92.5 cm³/mol. The van der Waals surface area contributed by atoms with Crippen molar-refractivity contribution in [2.24, 2.45) is 11.7 Å². The topological polar surface area (TPSA) is 84.2 Å². The minimum atomic E-state index is -0.0350. The molecule has 0 radical (unpaired) electrons. The molecule has 3 unspecified atom stereocenters. The molecular weight excluding hydrogens is 314 g/mol. The van der Waals surface area contributed by atoms with Crippen LogP contribution < -0.4 is 16.4 Å². The number of aryl methyl sites for hydroxylation is 1. The van der Waals surface area contributed by atoms with Crippen molar-refractivity contribution in [3.8, 4) is 0 Å². The normalized spacial score (nSPS) is 24.2. The molecule has 2 amide bonds. The van der Waals surface area contributed by atoms with E-state index in [0.717, 1.165) is 42.5 Å². The van der Waals surface area contributed by atoms with E-state index in [1.165, 1.54) is 0 Å². The van der Waals surface area contributed by atoms with E-state index in [9.17, 15) is 9.59 Å². The van der Waals surface area contributed by atoms with E-state index >= 15 is 0 Å². The van der Waals surface area contributed by atoms with Crippen LogP contribution in [0.3, 0.4) is 0 Å². The third-order valence-corrected chi connectivity index (χ3v) is 4.73. The van der Waals surface area contributed by atoms with Crippen LogP contribution in [0.25, 0.3) is 0 Å². The Morgan fingerprint density at radius 3 is 2.83 bits per heavy atom. The first-order chi connectivity index (χ1) is 10.5. The molecule has 1 heterocycles. The highest BCUT2D eigenvalue weighted by Crippen LogP contribution is 2.28. The lowest BCUT2D eigenvalue weighted by Crippen LogP contribution is -2.32. The Labute approximate surface area is 142 Å². The number of carbonyl (C=O) groups is 2. The number of nitrogens with two attached hydrogens (primary N) is 1. The second-order valence-corrected chi connectivity index (χ2v) is 6.47. The van der Waals surface area contributed by atoms with Gasteiger partial charge in [-0.2, -0.15) is 0 Å². The van der Waals surface area contributed by atoms with Crippen LogP contribution in [0.4, 0.5) is 5.69 Å². The van der Waals surface area contributed by atoms with Gasteiger partial charge in [0, 0.05) is 24.1 Å². The van der Waals surface area contributed by atoms with Crippen LogP contribution in [-0.2, 0) is 16.0 Å². The zero-order chi connectivity index (χ0) is 15.7. The fourth-order valence-electron chi connectivity index (χ4n) is 3.34. The van der Waals surface area contributed by atoms with Gasteiger partial charge in [-0.15, -0.1) is 12.4 Å². The molecule has 3 atom stereocenters. The van der Waals surface area contributed by atoms with E-state index in [1.54, 1.807) is 0 Å². The second kappa shape index (κ2) is 7.32. The summed E-state index contributed by atoms with van der Waals surface area (Å²) in [5.74, 6) is 0.222. The van der Waals surface area contributed by atoms with Gasteiger partial charge in [0.2, 0.25) is 11.8 Å². The molecule has 0 aromatic heterocycles. The van der Waals surface area contributed by atoms with Gasteiger partial charge in [0.15, 0.2) is 0 Å². The number of benzene rings is 1. The second-order valence-electron chi connectivity index (χ2n) is 6.47. The number of rotatable bonds is 3. The van der Waals surface area contributed by atoms with Crippen molar-refractivity contribution in [3.63, 3.8) is 0 Å². The number of amides is 2. The molecule has 0 spiro atoms. The summed E-state index contributed by atoms with van der Waals surface area (Å²) in [6, 6.07) is 6.11. The molecule has 6 heteroatoms. The van der Waals surface area contributed by atoms with Gasteiger partial charge < -0.3 is 16.4 Å². The van der Waals surface area contributed by atoms with E-state index in [4.69, 9.17) is 5.73 Å². The Morgan fingerprint density at radius 1 is 1.35 bits per heavy atom. The minimum Gasteiger partial charge on any atom is -0.349 e. The number of anilines is 1. The molecule has 1 fully saturated rings. The number of hydrogen-bond donors (Lipinski definition) is 3. The lowest BCUT2D eigenvalue weighted by Gasteiger charge is -2.21. The zero-order valence-corrected chi connectivity index (χ0v) is 14.1. The molecule has 5 nitrogen and oxygen atoms in total. The maximum atomic E-state index is 12.3. The van der Waals surface area contributed by atoms with Gasteiger partial charge in [-0.3, -0.25) is 9.59 Å². The Hall–Kier alpha value is -1.59. The molecule has 4 N–H and O–H groups in total. The Morgan fingerprint density at radius 2 is 2.13 bits per heavy atom. The van der Waals surface area contributed by atoms with Crippen LogP contribution in [0.1, 0.15) is 49.8 Å². The van der Waals surface area contributed by atoms with E-state index in [-0.39, 0.29) is 42.2 Å². The number of hydrogen-bond acceptors (Lipinski definition) is 3. The van der Waals surface area contributed by atoms with Crippen molar-refractivity contribution in [2.75, 3.05) is 5.32 Å². The van der Waals surface area contributed by atoms with Gasteiger partial charge in [-0.05, 0) is 49.8 Å². The predicted octanol–water partition coefficient (Wildman–Crippen LogP) is 2.30. The summed E-state index contributed by atoms with van der Waals surface area (Å²) in [6.07, 6.45) is 3.89. The molecule has 3 rings (SSSR count). The first-order valence-electron chi connectivity index (χ1n) is 8.01. The largest absolute Gasteiger partial charge is 0.349 e. The van der Waals surface area contributed by atoms with Gasteiger partial charge in [0.25, 0.3) is 0 Å². The Balaban J connectivity index is 0.00000192. The first kappa shape index (κ1) is 17.8. The van der Waals surface area contributed by atoms with E-state index in [0.29, 0.717) is 6.42 Å². The van der Waals surface area contributed by atoms with Gasteiger partial charge >= 0.3 is 0 Å². The first-order valence-corrected chi connectivity index (χ1v) is 8.01. The maximum Gasteiger partial charge on any atom is 0.224 e. The molecule has 1 aromatic carbocycles. The van der Waals surface area contributed by atoms with Gasteiger partial charge in [0.1, 0.15) is 0 Å². The number of halogens is 1. The average Bonchev–Trinajstić information content (AvgIpc) is 2.93. The fourth-order valence-corrected chi connectivity index (χ4v) is 3.34. The van der Waals surface area contributed by atoms with Crippen LogP contribution in [0.15, 0.2) is 18.2 Å². The monoisotopic (exact) mass is 337 g/mol. The smallest absolute Gasteiger partial charge is 0.224 e. The van der Waals surface area contributed by atoms with Crippen LogP contribution in [0.2, 0.25) is 0 Å². The van der Waals surface area contributed by atoms with Gasteiger partial charge in [-0.25, -0.2) is 0 Å². The summed E-state index contributed by atoms with van der Waals surface area (Å²) in [7, 11) is 0. The third kappa shape index (κ3) is 4.03. The molecule has 23 heavy (non-hydrogen) atoms. The average molecular weight is 338 g/mol. The third-order valence-electron chi connectivity index (χ3n) is 4.73.